The van der Waals surface area contributed by atoms with E-state index in [1.165, 1.54) is 30.5 Å². The van der Waals surface area contributed by atoms with Crippen molar-refractivity contribution in [1.29, 1.82) is 0 Å². The summed E-state index contributed by atoms with van der Waals surface area (Å²) in [4.78, 5) is 34.0. The van der Waals surface area contributed by atoms with Crippen molar-refractivity contribution in [2.75, 3.05) is 5.75 Å². The number of carboxylic acid groups (broad SMARTS) is 1. The van der Waals surface area contributed by atoms with Gasteiger partial charge in [0.25, 0.3) is 11.6 Å². The number of benzene rings is 2. The van der Waals surface area contributed by atoms with Gasteiger partial charge in [0.2, 0.25) is 0 Å². The highest BCUT2D eigenvalue weighted by Crippen LogP contribution is 2.42. The normalized spacial score (nSPS) is 12.2. The number of alkyl halides is 3. The van der Waals surface area contributed by atoms with Gasteiger partial charge >= 0.3 is 22.3 Å². The SMILES string of the molecule is C/C(=N\NC(=O)c1ccc(C(=O)O)c([N+](=O)[O-])c1)c1csc(-c2ccc(Cl)c(Cl)c2)c1OS(=O)(=O)CC(F)(F)F. The van der Waals surface area contributed by atoms with Crippen molar-refractivity contribution in [3.05, 3.63) is 78.6 Å². The lowest BCUT2D eigenvalue weighted by atomic mass is 10.1. The van der Waals surface area contributed by atoms with Gasteiger partial charge in [-0.3, -0.25) is 14.9 Å². The molecule has 3 rings (SSSR count). The van der Waals surface area contributed by atoms with E-state index in [2.05, 4.69) is 10.5 Å². The maximum absolute atomic E-state index is 12.8. The summed E-state index contributed by atoms with van der Waals surface area (Å²) in [5.74, 6) is -5.40. The van der Waals surface area contributed by atoms with Crippen LogP contribution < -0.4 is 9.61 Å². The molecule has 0 spiro atoms. The molecule has 0 radical (unpaired) electrons. The van der Waals surface area contributed by atoms with Gasteiger partial charge in [-0.15, -0.1) is 11.3 Å². The predicted molar refractivity (Wildman–Crippen MR) is 140 cm³/mol. The Labute approximate surface area is 237 Å². The number of hydrazone groups is 1. The second-order valence-corrected chi connectivity index (χ2v) is 11.0. The number of nitro groups is 1. The Kier molecular flexibility index (Phi) is 9.08. The van der Waals surface area contributed by atoms with E-state index in [1.807, 2.05) is 0 Å². The standard InChI is InChI=1S/C22H14Cl2F3N3O8S2/c1-10(28-29-20(31)12-2-4-13(21(32)33)17(7-12)30(34)35)14-8-39-19(11-3-5-15(23)16(24)6-11)18(14)38-40(36,37)9-22(25,26)27/h2-8H,9H2,1H3,(H,29,31)(H,32,33)/b28-10+. The van der Waals surface area contributed by atoms with Gasteiger partial charge in [0.05, 0.1) is 31.1 Å². The zero-order valence-corrected chi connectivity index (χ0v) is 22.8. The molecule has 0 aliphatic rings. The Morgan fingerprint density at radius 3 is 2.40 bits per heavy atom. The summed E-state index contributed by atoms with van der Waals surface area (Å²) in [5, 5.41) is 25.6. The van der Waals surface area contributed by atoms with Crippen LogP contribution in [0.15, 0.2) is 46.9 Å². The summed E-state index contributed by atoms with van der Waals surface area (Å²) >= 11 is 12.8. The van der Waals surface area contributed by atoms with Gasteiger partial charge in [-0.1, -0.05) is 29.3 Å². The van der Waals surface area contributed by atoms with E-state index in [0.717, 1.165) is 29.5 Å². The average molecular weight is 640 g/mol. The van der Waals surface area contributed by atoms with Crippen LogP contribution in [0.3, 0.4) is 0 Å². The predicted octanol–water partition coefficient (Wildman–Crippen LogP) is 5.75. The Morgan fingerprint density at radius 1 is 1.15 bits per heavy atom. The van der Waals surface area contributed by atoms with E-state index in [1.54, 1.807) is 0 Å². The van der Waals surface area contributed by atoms with Crippen molar-refractivity contribution in [3.63, 3.8) is 0 Å². The quantitative estimate of drug-likeness (QED) is 0.129. The number of halogens is 5. The largest absolute Gasteiger partial charge is 0.477 e. The molecule has 1 heterocycles. The number of nitrogens with one attached hydrogen (secondary N) is 1. The number of hydrogen-bond donors (Lipinski definition) is 2. The van der Waals surface area contributed by atoms with E-state index < -0.39 is 55.8 Å². The van der Waals surface area contributed by atoms with E-state index >= 15 is 0 Å². The minimum atomic E-state index is -5.20. The summed E-state index contributed by atoms with van der Waals surface area (Å²) < 4.78 is 67.8. The lowest BCUT2D eigenvalue weighted by Gasteiger charge is -2.12. The molecule has 0 aliphatic carbocycles. The number of carbonyl (C=O) groups excluding carboxylic acids is 1. The molecule has 0 unspecified atom stereocenters. The van der Waals surface area contributed by atoms with Crippen LogP contribution in [0, 0.1) is 10.1 Å². The Balaban J connectivity index is 2.01. The second kappa shape index (κ2) is 11.8. The summed E-state index contributed by atoms with van der Waals surface area (Å²) in [6.07, 6.45) is -5.10. The number of aromatic carboxylic acids is 1. The van der Waals surface area contributed by atoms with Crippen molar-refractivity contribution >= 4 is 67.9 Å². The molecule has 2 N–H and O–H groups in total. The fourth-order valence-corrected chi connectivity index (χ4v) is 5.41. The molecular formula is C22H14Cl2F3N3O8S2. The number of hydrogen-bond acceptors (Lipinski definition) is 9. The van der Waals surface area contributed by atoms with E-state index in [-0.39, 0.29) is 37.3 Å². The number of rotatable bonds is 9. The van der Waals surface area contributed by atoms with Crippen molar-refractivity contribution < 1.29 is 45.4 Å². The molecule has 1 amide bonds. The maximum atomic E-state index is 12.8. The number of amides is 1. The monoisotopic (exact) mass is 639 g/mol. The summed E-state index contributed by atoms with van der Waals surface area (Å²) in [6.45, 7) is 1.28. The van der Waals surface area contributed by atoms with Gasteiger partial charge < -0.3 is 9.29 Å². The van der Waals surface area contributed by atoms with Gasteiger partial charge in [-0.05, 0) is 36.8 Å². The van der Waals surface area contributed by atoms with Gasteiger partial charge in [0.15, 0.2) is 11.5 Å². The second-order valence-electron chi connectivity index (χ2n) is 7.77. The number of carbonyl (C=O) groups is 2. The van der Waals surface area contributed by atoms with Gasteiger partial charge in [-0.2, -0.15) is 26.7 Å². The fraction of sp³-hybridized carbons (Fsp3) is 0.136. The molecule has 3 aromatic rings. The van der Waals surface area contributed by atoms with Crippen molar-refractivity contribution in [2.24, 2.45) is 5.10 Å². The molecule has 0 fully saturated rings. The number of nitro benzene ring substituents is 1. The summed E-state index contributed by atoms with van der Waals surface area (Å²) in [5.41, 5.74) is 0.252. The van der Waals surface area contributed by atoms with Crippen LogP contribution in [0.25, 0.3) is 10.4 Å². The van der Waals surface area contributed by atoms with Gasteiger partial charge in [0.1, 0.15) is 5.56 Å². The van der Waals surface area contributed by atoms with Crippen LogP contribution in [-0.2, 0) is 10.1 Å². The average Bonchev–Trinajstić information content (AvgIpc) is 3.24. The van der Waals surface area contributed by atoms with Crippen molar-refractivity contribution in [2.45, 2.75) is 13.1 Å². The Bertz CT molecular complexity index is 1660. The first-order valence-electron chi connectivity index (χ1n) is 10.4. The zero-order valence-electron chi connectivity index (χ0n) is 19.7. The first-order chi connectivity index (χ1) is 18.5. The minimum absolute atomic E-state index is 0.0556. The van der Waals surface area contributed by atoms with Crippen molar-refractivity contribution in [3.8, 4) is 16.2 Å². The van der Waals surface area contributed by atoms with Crippen LogP contribution in [0.1, 0.15) is 33.2 Å². The van der Waals surface area contributed by atoms with Gasteiger partial charge in [0, 0.05) is 17.0 Å². The lowest BCUT2D eigenvalue weighted by molar-refractivity contribution is -0.385. The topological polar surface area (TPSA) is 165 Å². The van der Waals surface area contributed by atoms with Crippen LogP contribution in [0.4, 0.5) is 18.9 Å². The molecule has 0 saturated carbocycles. The third-order valence-corrected chi connectivity index (χ3v) is 7.73. The summed E-state index contributed by atoms with van der Waals surface area (Å²) in [7, 11) is -5.20. The molecule has 0 atom stereocenters. The fourth-order valence-electron chi connectivity index (χ4n) is 3.14. The lowest BCUT2D eigenvalue weighted by Crippen LogP contribution is -2.27. The summed E-state index contributed by atoms with van der Waals surface area (Å²) in [6, 6.07) is 6.71. The molecular weight excluding hydrogens is 626 g/mol. The third-order valence-electron chi connectivity index (χ3n) is 4.88. The Morgan fingerprint density at radius 2 is 1.82 bits per heavy atom. The number of nitrogens with zero attached hydrogens (tertiary/aromatic N) is 2. The molecule has 1 aromatic heterocycles. The highest BCUT2D eigenvalue weighted by Gasteiger charge is 2.37. The smallest absolute Gasteiger partial charge is 0.406 e. The highest BCUT2D eigenvalue weighted by molar-refractivity contribution is 7.87. The molecule has 212 valence electrons. The van der Waals surface area contributed by atoms with Crippen LogP contribution in [0.2, 0.25) is 10.0 Å². The van der Waals surface area contributed by atoms with Crippen molar-refractivity contribution in [1.82, 2.24) is 5.43 Å². The number of thiophene rings is 1. The molecule has 18 heteroatoms. The maximum Gasteiger partial charge on any atom is 0.406 e. The van der Waals surface area contributed by atoms with E-state index in [0.29, 0.717) is 0 Å². The van der Waals surface area contributed by atoms with Crippen LogP contribution >= 0.6 is 34.5 Å². The van der Waals surface area contributed by atoms with Gasteiger partial charge in [-0.25, -0.2) is 10.2 Å². The minimum Gasteiger partial charge on any atom is -0.477 e. The van der Waals surface area contributed by atoms with Crippen LogP contribution in [-0.4, -0.2) is 48.0 Å². The molecule has 11 nitrogen and oxygen atoms in total. The van der Waals surface area contributed by atoms with Crippen LogP contribution in [0.5, 0.6) is 5.75 Å². The molecule has 0 aliphatic heterocycles. The zero-order chi connectivity index (χ0) is 30.0. The molecule has 0 bridgehead atoms. The number of carboxylic acids is 1. The molecule has 2 aromatic carbocycles. The molecule has 40 heavy (non-hydrogen) atoms. The van der Waals surface area contributed by atoms with E-state index in [9.17, 15) is 41.3 Å². The third kappa shape index (κ3) is 7.47. The molecule has 0 saturated heterocycles. The first kappa shape index (κ1) is 30.8. The first-order valence-corrected chi connectivity index (χ1v) is 13.6. The highest BCUT2D eigenvalue weighted by atomic mass is 35.5. The Hall–Kier alpha value is -3.73. The van der Waals surface area contributed by atoms with E-state index in [4.69, 9.17) is 32.5 Å².